The third-order valence-electron chi connectivity index (χ3n) is 5.10. The van der Waals surface area contributed by atoms with E-state index in [-0.39, 0.29) is 6.04 Å². The topological polar surface area (TPSA) is 72.5 Å². The van der Waals surface area contributed by atoms with Crippen LogP contribution in [0.3, 0.4) is 0 Å². The van der Waals surface area contributed by atoms with Crippen molar-refractivity contribution in [1.29, 1.82) is 5.26 Å². The van der Waals surface area contributed by atoms with Crippen LogP contribution in [-0.4, -0.2) is 61.3 Å². The summed E-state index contributed by atoms with van der Waals surface area (Å²) < 4.78 is 18.7. The molecular formula is C21H28N4O3. The first-order chi connectivity index (χ1) is 13.7. The fourth-order valence-electron chi connectivity index (χ4n) is 3.70. The monoisotopic (exact) mass is 384 g/mol. The van der Waals surface area contributed by atoms with Crippen molar-refractivity contribution < 1.29 is 14.2 Å². The molecule has 1 atom stereocenters. The first kappa shape index (κ1) is 20.3. The highest BCUT2D eigenvalue weighted by atomic mass is 16.5. The van der Waals surface area contributed by atoms with Crippen molar-refractivity contribution in [3.8, 4) is 17.5 Å². The van der Waals surface area contributed by atoms with Gasteiger partial charge in [0.25, 0.3) is 0 Å². The lowest BCUT2D eigenvalue weighted by Crippen LogP contribution is -2.41. The average Bonchev–Trinajstić information content (AvgIpc) is 3.02. The van der Waals surface area contributed by atoms with E-state index in [1.54, 1.807) is 7.11 Å². The van der Waals surface area contributed by atoms with Gasteiger partial charge in [-0.15, -0.1) is 0 Å². The van der Waals surface area contributed by atoms with Gasteiger partial charge in [0.15, 0.2) is 0 Å². The molecule has 0 aliphatic carbocycles. The Morgan fingerprint density at radius 3 is 2.96 bits per heavy atom. The Balaban J connectivity index is 1.81. The van der Waals surface area contributed by atoms with Crippen molar-refractivity contribution in [3.63, 3.8) is 0 Å². The molecule has 0 saturated carbocycles. The average molecular weight is 384 g/mol. The van der Waals surface area contributed by atoms with E-state index in [0.717, 1.165) is 42.5 Å². The molecule has 0 N–H and O–H groups in total. The Kier molecular flexibility index (Phi) is 7.04. The Morgan fingerprint density at radius 1 is 1.32 bits per heavy atom. The SMILES string of the molecule is COc1cccc(-n2nc(C)c(C3COCCN3CCOCCC#N)c2C)c1. The second kappa shape index (κ2) is 9.69. The lowest BCUT2D eigenvalue weighted by Gasteiger charge is -2.35. The summed E-state index contributed by atoms with van der Waals surface area (Å²) in [5.41, 5.74) is 4.30. The van der Waals surface area contributed by atoms with Gasteiger partial charge in [0, 0.05) is 30.4 Å². The van der Waals surface area contributed by atoms with E-state index in [0.29, 0.717) is 26.2 Å². The van der Waals surface area contributed by atoms with Gasteiger partial charge in [0.1, 0.15) is 5.75 Å². The molecule has 7 heteroatoms. The van der Waals surface area contributed by atoms with Crippen LogP contribution in [0.4, 0.5) is 0 Å². The molecule has 0 bridgehead atoms. The van der Waals surface area contributed by atoms with Crippen LogP contribution < -0.4 is 4.74 Å². The highest BCUT2D eigenvalue weighted by molar-refractivity contribution is 5.42. The zero-order valence-electron chi connectivity index (χ0n) is 16.9. The van der Waals surface area contributed by atoms with Crippen molar-refractivity contribution in [2.75, 3.05) is 46.6 Å². The predicted octanol–water partition coefficient (Wildman–Crippen LogP) is 2.80. The molecule has 2 aromatic rings. The van der Waals surface area contributed by atoms with E-state index >= 15 is 0 Å². The third-order valence-corrected chi connectivity index (χ3v) is 5.10. The van der Waals surface area contributed by atoms with Crippen molar-refractivity contribution in [2.45, 2.75) is 26.3 Å². The van der Waals surface area contributed by atoms with E-state index in [2.05, 4.69) is 24.8 Å². The van der Waals surface area contributed by atoms with Crippen LogP contribution in [0.25, 0.3) is 5.69 Å². The summed E-state index contributed by atoms with van der Waals surface area (Å²) in [4.78, 5) is 2.39. The van der Waals surface area contributed by atoms with Gasteiger partial charge >= 0.3 is 0 Å². The highest BCUT2D eigenvalue weighted by Gasteiger charge is 2.29. The second-order valence-electron chi connectivity index (χ2n) is 6.84. The molecule has 1 aromatic carbocycles. The van der Waals surface area contributed by atoms with Gasteiger partial charge in [-0.1, -0.05) is 6.07 Å². The summed E-state index contributed by atoms with van der Waals surface area (Å²) in [6.07, 6.45) is 0.429. The summed E-state index contributed by atoms with van der Waals surface area (Å²) in [5, 5.41) is 13.4. The molecular weight excluding hydrogens is 356 g/mol. The summed E-state index contributed by atoms with van der Waals surface area (Å²) in [6.45, 7) is 8.27. The highest BCUT2D eigenvalue weighted by Crippen LogP contribution is 2.31. The molecule has 1 fully saturated rings. The normalized spacial score (nSPS) is 17.4. The van der Waals surface area contributed by atoms with Gasteiger partial charge in [-0.25, -0.2) is 4.68 Å². The van der Waals surface area contributed by atoms with E-state index < -0.39 is 0 Å². The lowest BCUT2D eigenvalue weighted by atomic mass is 10.0. The third kappa shape index (κ3) is 4.53. The summed E-state index contributed by atoms with van der Waals surface area (Å²) in [6, 6.07) is 10.2. The van der Waals surface area contributed by atoms with Crippen LogP contribution >= 0.6 is 0 Å². The molecule has 1 saturated heterocycles. The maximum absolute atomic E-state index is 8.62. The number of benzene rings is 1. The Labute approximate surface area is 166 Å². The molecule has 1 aliphatic rings. The zero-order valence-corrected chi connectivity index (χ0v) is 16.9. The van der Waals surface area contributed by atoms with Crippen molar-refractivity contribution in [2.24, 2.45) is 0 Å². The number of morpholine rings is 1. The maximum Gasteiger partial charge on any atom is 0.121 e. The van der Waals surface area contributed by atoms with Crippen molar-refractivity contribution in [1.82, 2.24) is 14.7 Å². The molecule has 0 amide bonds. The smallest absolute Gasteiger partial charge is 0.121 e. The number of hydrogen-bond donors (Lipinski definition) is 0. The Morgan fingerprint density at radius 2 is 2.18 bits per heavy atom. The molecule has 1 aliphatic heterocycles. The fourth-order valence-corrected chi connectivity index (χ4v) is 3.70. The molecule has 28 heavy (non-hydrogen) atoms. The largest absolute Gasteiger partial charge is 0.497 e. The maximum atomic E-state index is 8.62. The summed E-state index contributed by atoms with van der Waals surface area (Å²) >= 11 is 0. The van der Waals surface area contributed by atoms with Gasteiger partial charge in [-0.05, 0) is 26.0 Å². The van der Waals surface area contributed by atoms with Gasteiger partial charge in [-0.2, -0.15) is 10.4 Å². The number of nitrogens with zero attached hydrogens (tertiary/aromatic N) is 4. The van der Waals surface area contributed by atoms with E-state index in [1.807, 2.05) is 28.9 Å². The number of methoxy groups -OCH3 is 1. The summed E-state index contributed by atoms with van der Waals surface area (Å²) in [7, 11) is 1.67. The number of aromatic nitrogens is 2. The second-order valence-corrected chi connectivity index (χ2v) is 6.84. The standard InChI is InChI=1S/C21H28N4O3/c1-16-21(17(2)25(23-16)18-6-4-7-19(14-18)26-3)20-15-28-13-10-24(20)9-12-27-11-5-8-22/h4,6-7,14,20H,5,9-13,15H2,1-3H3. The minimum absolute atomic E-state index is 0.146. The zero-order chi connectivity index (χ0) is 19.9. The predicted molar refractivity (Wildman–Crippen MR) is 106 cm³/mol. The molecule has 3 rings (SSSR count). The Bertz CT molecular complexity index is 828. The van der Waals surface area contributed by atoms with Crippen LogP contribution in [-0.2, 0) is 9.47 Å². The summed E-state index contributed by atoms with van der Waals surface area (Å²) in [5.74, 6) is 0.809. The van der Waals surface area contributed by atoms with Crippen molar-refractivity contribution in [3.05, 3.63) is 41.2 Å². The fraction of sp³-hybridized carbons (Fsp3) is 0.524. The van der Waals surface area contributed by atoms with Crippen LogP contribution in [0.15, 0.2) is 24.3 Å². The molecule has 1 aromatic heterocycles. The van der Waals surface area contributed by atoms with Crippen LogP contribution in [0.1, 0.15) is 29.4 Å². The van der Waals surface area contributed by atoms with Gasteiger partial charge in [0.05, 0.1) is 63.5 Å². The van der Waals surface area contributed by atoms with Crippen LogP contribution in [0.2, 0.25) is 0 Å². The molecule has 2 heterocycles. The quantitative estimate of drug-likeness (QED) is 0.652. The number of ether oxygens (including phenoxy) is 3. The van der Waals surface area contributed by atoms with Gasteiger partial charge < -0.3 is 14.2 Å². The minimum Gasteiger partial charge on any atom is -0.497 e. The Hall–Kier alpha value is -2.40. The molecule has 1 unspecified atom stereocenters. The van der Waals surface area contributed by atoms with E-state index in [9.17, 15) is 0 Å². The number of aryl methyl sites for hydroxylation is 1. The molecule has 0 radical (unpaired) electrons. The molecule has 150 valence electrons. The van der Waals surface area contributed by atoms with Crippen LogP contribution in [0.5, 0.6) is 5.75 Å². The number of hydrogen-bond acceptors (Lipinski definition) is 6. The van der Waals surface area contributed by atoms with Gasteiger partial charge in [0.2, 0.25) is 0 Å². The molecule has 0 spiro atoms. The number of rotatable bonds is 8. The van der Waals surface area contributed by atoms with Crippen molar-refractivity contribution >= 4 is 0 Å². The van der Waals surface area contributed by atoms with Gasteiger partial charge in [-0.3, -0.25) is 4.90 Å². The van der Waals surface area contributed by atoms with E-state index in [1.165, 1.54) is 5.56 Å². The van der Waals surface area contributed by atoms with E-state index in [4.69, 9.17) is 24.6 Å². The van der Waals surface area contributed by atoms with Crippen LogP contribution in [0, 0.1) is 25.2 Å². The first-order valence-corrected chi connectivity index (χ1v) is 9.62. The number of nitriles is 1. The molecule has 7 nitrogen and oxygen atoms in total. The minimum atomic E-state index is 0.146. The lowest BCUT2D eigenvalue weighted by molar-refractivity contribution is -0.0214. The first-order valence-electron chi connectivity index (χ1n) is 9.62.